The molecule has 0 bridgehead atoms. The highest BCUT2D eigenvalue weighted by atomic mass is 32.2. The first-order valence-electron chi connectivity index (χ1n) is 6.53. The number of hydrogen-bond donors (Lipinski definition) is 3. The third kappa shape index (κ3) is 2.14. The molecular weight excluding hydrogens is 294 g/mol. The van der Waals surface area contributed by atoms with Gasteiger partial charge in [0.15, 0.2) is 6.23 Å². The van der Waals surface area contributed by atoms with Crippen molar-refractivity contribution in [2.75, 3.05) is 12.9 Å². The smallest absolute Gasteiger partial charge is 0.168 e. The molecule has 3 heterocycles. The van der Waals surface area contributed by atoms with Crippen molar-refractivity contribution in [1.29, 1.82) is 0 Å². The number of rotatable bonds is 3. The molecule has 0 unspecified atom stereocenters. The Bertz CT molecular complexity index is 618. The molecule has 0 aromatic carbocycles. The van der Waals surface area contributed by atoms with Crippen LogP contribution in [-0.4, -0.2) is 60.5 Å². The van der Waals surface area contributed by atoms with Crippen molar-refractivity contribution >= 4 is 11.8 Å². The van der Waals surface area contributed by atoms with Crippen molar-refractivity contribution in [2.24, 2.45) is 0 Å². The lowest BCUT2D eigenvalue weighted by Crippen LogP contribution is -2.44. The van der Waals surface area contributed by atoms with Gasteiger partial charge in [-0.1, -0.05) is 0 Å². The number of aliphatic hydroxyl groups is 3. The molecule has 114 valence electrons. The quantitative estimate of drug-likeness (QED) is 0.546. The van der Waals surface area contributed by atoms with Crippen LogP contribution in [0.15, 0.2) is 23.6 Å². The zero-order chi connectivity index (χ0) is 15.2. The van der Waals surface area contributed by atoms with Gasteiger partial charge in [-0.2, -0.15) is 0 Å². The fraction of sp³-hybridized carbons (Fsp3) is 0.538. The van der Waals surface area contributed by atoms with E-state index in [9.17, 15) is 15.3 Å². The van der Waals surface area contributed by atoms with E-state index >= 15 is 0 Å². The van der Waals surface area contributed by atoms with E-state index in [1.165, 1.54) is 25.0 Å². The molecule has 1 saturated heterocycles. The lowest BCUT2D eigenvalue weighted by molar-refractivity contribution is -0.0968. The third-order valence-corrected chi connectivity index (χ3v) is 4.55. The van der Waals surface area contributed by atoms with Crippen LogP contribution in [0.25, 0.3) is 11.4 Å². The second kappa shape index (κ2) is 5.22. The zero-order valence-electron chi connectivity index (χ0n) is 11.7. The first-order valence-corrected chi connectivity index (χ1v) is 7.75. The average molecular weight is 311 g/mol. The number of hydrogen-bond acceptors (Lipinski definition) is 7. The summed E-state index contributed by atoms with van der Waals surface area (Å²) in [7, 11) is 0. The number of aromatic nitrogens is 3. The molecule has 1 fully saturated rings. The number of nitrogens with zero attached hydrogens (tertiary/aromatic N) is 3. The zero-order valence-corrected chi connectivity index (χ0v) is 12.5. The van der Waals surface area contributed by atoms with Gasteiger partial charge in [0, 0.05) is 6.20 Å². The highest BCUT2D eigenvalue weighted by molar-refractivity contribution is 7.98. The van der Waals surface area contributed by atoms with Gasteiger partial charge in [0.2, 0.25) is 0 Å². The molecule has 0 saturated carbocycles. The topological polar surface area (TPSA) is 101 Å². The summed E-state index contributed by atoms with van der Waals surface area (Å²) >= 11 is 1.50. The number of fused-ring (bicyclic) bond motifs is 1. The molecule has 3 rings (SSSR count). The highest BCUT2D eigenvalue weighted by Crippen LogP contribution is 2.41. The Labute approximate surface area is 125 Å². The van der Waals surface area contributed by atoms with E-state index in [2.05, 4.69) is 9.97 Å². The molecule has 4 atom stereocenters. The van der Waals surface area contributed by atoms with Gasteiger partial charge in [-0.25, -0.2) is 9.97 Å². The molecule has 0 amide bonds. The molecule has 3 N–H and O–H groups in total. The summed E-state index contributed by atoms with van der Waals surface area (Å²) in [5, 5.41) is 30.7. The van der Waals surface area contributed by atoms with Gasteiger partial charge in [-0.3, -0.25) is 4.57 Å². The van der Waals surface area contributed by atoms with Gasteiger partial charge in [-0.05, 0) is 19.2 Å². The van der Waals surface area contributed by atoms with Gasteiger partial charge < -0.3 is 20.1 Å². The fourth-order valence-electron chi connectivity index (χ4n) is 2.66. The molecule has 0 aromatic heterocycles. The Morgan fingerprint density at radius 2 is 2.24 bits per heavy atom. The predicted octanol–water partition coefficient (Wildman–Crippen LogP) is 0.106. The maximum atomic E-state index is 10.5. The summed E-state index contributed by atoms with van der Waals surface area (Å²) in [6.07, 6.45) is 2.21. The Morgan fingerprint density at radius 1 is 1.48 bits per heavy atom. The summed E-state index contributed by atoms with van der Waals surface area (Å²) in [6.45, 7) is 1.10. The van der Waals surface area contributed by atoms with Gasteiger partial charge in [0.25, 0.3) is 0 Å². The molecule has 8 heteroatoms. The highest BCUT2D eigenvalue weighted by Gasteiger charge is 2.53. The summed E-state index contributed by atoms with van der Waals surface area (Å²) in [5.74, 6) is 0.616. The van der Waals surface area contributed by atoms with Crippen LogP contribution in [0.2, 0.25) is 0 Å². The summed E-state index contributed by atoms with van der Waals surface area (Å²) in [5.41, 5.74) is -0.696. The predicted molar refractivity (Wildman–Crippen MR) is 76.1 cm³/mol. The lowest BCUT2D eigenvalue weighted by Gasteiger charge is -2.29. The molecule has 0 radical (unpaired) electrons. The van der Waals surface area contributed by atoms with E-state index in [0.717, 1.165) is 10.6 Å². The van der Waals surface area contributed by atoms with Crippen molar-refractivity contribution in [3.8, 4) is 11.4 Å². The SMILES string of the molecule is CSc1ncn([C@@H]2O[C@H](CO)[C@@H](O)[C@@]2(C)O)c2nccc1-2. The summed E-state index contributed by atoms with van der Waals surface area (Å²) in [6, 6.07) is 1.84. The molecule has 0 aliphatic carbocycles. The second-order valence-electron chi connectivity index (χ2n) is 5.22. The van der Waals surface area contributed by atoms with Gasteiger partial charge in [0.05, 0.1) is 18.5 Å². The first-order chi connectivity index (χ1) is 10.0. The molecule has 21 heavy (non-hydrogen) atoms. The minimum absolute atomic E-state index is 0.373. The number of aliphatic hydroxyl groups excluding tert-OH is 2. The van der Waals surface area contributed by atoms with Crippen molar-refractivity contribution in [3.05, 3.63) is 18.6 Å². The van der Waals surface area contributed by atoms with Crippen LogP contribution >= 0.6 is 11.8 Å². The number of ether oxygens (including phenoxy) is 1. The van der Waals surface area contributed by atoms with Crippen LogP contribution in [-0.2, 0) is 4.74 Å². The Kier molecular flexibility index (Phi) is 3.66. The molecular formula is C13H17N3O4S. The maximum absolute atomic E-state index is 10.5. The van der Waals surface area contributed by atoms with E-state index in [0.29, 0.717) is 5.82 Å². The van der Waals surface area contributed by atoms with Crippen LogP contribution in [0.1, 0.15) is 13.2 Å². The monoisotopic (exact) mass is 311 g/mol. The Morgan fingerprint density at radius 3 is 2.86 bits per heavy atom. The average Bonchev–Trinajstić information content (AvgIpc) is 3.03. The molecule has 3 aliphatic rings. The van der Waals surface area contributed by atoms with Crippen molar-refractivity contribution < 1.29 is 20.1 Å². The molecule has 0 spiro atoms. The standard InChI is InChI=1S/C13H17N3O4S/c1-13(19)9(18)8(5-17)20-12(13)16-6-15-11(21-2)7-3-4-14-10(7)16/h3-4,6,8-9,12,17-19H,5H2,1-2H3/t8-,9-,12-,13-/m1/s1. The Hall–Kier alpha value is -1.19. The van der Waals surface area contributed by atoms with E-state index in [4.69, 9.17) is 4.74 Å². The fourth-order valence-corrected chi connectivity index (χ4v) is 3.19. The van der Waals surface area contributed by atoms with Crippen molar-refractivity contribution in [3.63, 3.8) is 0 Å². The third-order valence-electron chi connectivity index (χ3n) is 3.83. The van der Waals surface area contributed by atoms with E-state index in [1.807, 2.05) is 12.3 Å². The lowest BCUT2D eigenvalue weighted by atomic mass is 9.96. The van der Waals surface area contributed by atoms with Crippen LogP contribution in [0, 0.1) is 0 Å². The van der Waals surface area contributed by atoms with E-state index < -0.39 is 24.0 Å². The minimum Gasteiger partial charge on any atom is -0.394 e. The maximum Gasteiger partial charge on any atom is 0.168 e. The molecule has 3 aliphatic heterocycles. The second-order valence-corrected chi connectivity index (χ2v) is 6.02. The van der Waals surface area contributed by atoms with E-state index in [1.54, 1.807) is 10.8 Å². The normalized spacial score (nSPS) is 32.9. The summed E-state index contributed by atoms with van der Waals surface area (Å²) in [4.78, 5) is 8.62. The van der Waals surface area contributed by atoms with Gasteiger partial charge in [-0.15, -0.1) is 11.8 Å². The minimum atomic E-state index is -1.55. The van der Waals surface area contributed by atoms with Crippen molar-refractivity contribution in [2.45, 2.75) is 36.0 Å². The molecule has 7 nitrogen and oxygen atoms in total. The van der Waals surface area contributed by atoms with Crippen LogP contribution in [0.3, 0.4) is 0 Å². The van der Waals surface area contributed by atoms with Crippen LogP contribution < -0.4 is 0 Å². The van der Waals surface area contributed by atoms with E-state index in [-0.39, 0.29) is 6.61 Å². The van der Waals surface area contributed by atoms with Crippen LogP contribution in [0.5, 0.6) is 0 Å². The summed E-state index contributed by atoms with van der Waals surface area (Å²) < 4.78 is 7.19. The Balaban J connectivity index is 2.07. The van der Waals surface area contributed by atoms with Gasteiger partial charge in [0.1, 0.15) is 28.7 Å². The largest absolute Gasteiger partial charge is 0.394 e. The van der Waals surface area contributed by atoms with Crippen molar-refractivity contribution in [1.82, 2.24) is 14.5 Å². The number of thioether (sulfide) groups is 1. The molecule has 0 aromatic rings. The first kappa shape index (κ1) is 14.7. The van der Waals surface area contributed by atoms with Crippen LogP contribution in [0.4, 0.5) is 0 Å². The van der Waals surface area contributed by atoms with Gasteiger partial charge >= 0.3 is 0 Å².